The Bertz CT molecular complexity index is 167. The molecule has 1 saturated carbocycles. The Kier molecular flexibility index (Phi) is 6.32. The molecule has 0 aromatic carbocycles. The van der Waals surface area contributed by atoms with Crippen LogP contribution in [-0.4, -0.2) is 47.0 Å². The van der Waals surface area contributed by atoms with Crippen LogP contribution in [0.5, 0.6) is 0 Å². The fourth-order valence-electron chi connectivity index (χ4n) is 2.71. The zero-order chi connectivity index (χ0) is 12.0. The van der Waals surface area contributed by atoms with Gasteiger partial charge in [-0.15, -0.1) is 0 Å². The first-order valence-corrected chi connectivity index (χ1v) is 6.66. The van der Waals surface area contributed by atoms with E-state index < -0.39 is 0 Å². The van der Waals surface area contributed by atoms with E-state index in [1.165, 1.54) is 32.1 Å². The summed E-state index contributed by atoms with van der Waals surface area (Å²) in [6.45, 7) is 6.03. The number of hydrogen-bond donors (Lipinski definition) is 2. The fraction of sp³-hybridized carbons (Fsp3) is 1.00. The van der Waals surface area contributed by atoms with Crippen molar-refractivity contribution in [1.29, 1.82) is 0 Å². The van der Waals surface area contributed by atoms with Crippen LogP contribution >= 0.6 is 0 Å². The molecule has 0 aliphatic heterocycles. The van der Waals surface area contributed by atoms with Gasteiger partial charge in [0.15, 0.2) is 0 Å². The van der Waals surface area contributed by atoms with Crippen molar-refractivity contribution in [2.24, 2.45) is 5.92 Å². The molecule has 1 aliphatic carbocycles. The van der Waals surface area contributed by atoms with Crippen LogP contribution in [0.3, 0.4) is 0 Å². The zero-order valence-electron chi connectivity index (χ0n) is 10.7. The van der Waals surface area contributed by atoms with Crippen LogP contribution < -0.4 is 0 Å². The monoisotopic (exact) mass is 229 g/mol. The van der Waals surface area contributed by atoms with Crippen molar-refractivity contribution in [3.63, 3.8) is 0 Å². The second-order valence-electron chi connectivity index (χ2n) is 5.42. The van der Waals surface area contributed by atoms with Crippen LogP contribution in [0.1, 0.15) is 46.0 Å². The molecule has 0 bridgehead atoms. The van der Waals surface area contributed by atoms with Crippen molar-refractivity contribution in [3.8, 4) is 0 Å². The van der Waals surface area contributed by atoms with E-state index >= 15 is 0 Å². The van der Waals surface area contributed by atoms with E-state index in [-0.39, 0.29) is 12.2 Å². The molecule has 2 N–H and O–H groups in total. The van der Waals surface area contributed by atoms with Crippen LogP contribution in [0.15, 0.2) is 0 Å². The third kappa shape index (κ3) is 5.83. The maximum atomic E-state index is 9.44. The summed E-state index contributed by atoms with van der Waals surface area (Å²) in [6, 6.07) is 0. The number of aliphatic hydroxyl groups is 2. The summed E-state index contributed by atoms with van der Waals surface area (Å²) in [6.07, 6.45) is 6.10. The van der Waals surface area contributed by atoms with Crippen LogP contribution in [0, 0.1) is 5.92 Å². The van der Waals surface area contributed by atoms with Crippen molar-refractivity contribution >= 4 is 0 Å². The molecule has 1 rings (SSSR count). The van der Waals surface area contributed by atoms with Gasteiger partial charge in [0, 0.05) is 19.6 Å². The quantitative estimate of drug-likeness (QED) is 0.727. The van der Waals surface area contributed by atoms with Gasteiger partial charge in [-0.25, -0.2) is 0 Å². The SMILES string of the molecule is C[C@H](O)CN(CC1CCCCC1)C[C@@H](C)O. The van der Waals surface area contributed by atoms with Crippen molar-refractivity contribution in [2.45, 2.75) is 58.2 Å². The molecular formula is C13H27NO2. The van der Waals surface area contributed by atoms with E-state index in [0.29, 0.717) is 13.1 Å². The molecule has 0 unspecified atom stereocenters. The van der Waals surface area contributed by atoms with Crippen molar-refractivity contribution in [2.75, 3.05) is 19.6 Å². The summed E-state index contributed by atoms with van der Waals surface area (Å²) in [5.74, 6) is 0.770. The number of hydrogen-bond acceptors (Lipinski definition) is 3. The van der Waals surface area contributed by atoms with Gasteiger partial charge in [0.25, 0.3) is 0 Å². The van der Waals surface area contributed by atoms with E-state index in [4.69, 9.17) is 0 Å². The zero-order valence-corrected chi connectivity index (χ0v) is 10.7. The molecule has 3 heteroatoms. The molecule has 0 saturated heterocycles. The highest BCUT2D eigenvalue weighted by Crippen LogP contribution is 2.24. The molecule has 0 aromatic heterocycles. The highest BCUT2D eigenvalue weighted by molar-refractivity contribution is 4.72. The van der Waals surface area contributed by atoms with Gasteiger partial charge in [0.2, 0.25) is 0 Å². The largest absolute Gasteiger partial charge is 0.392 e. The lowest BCUT2D eigenvalue weighted by Gasteiger charge is -2.31. The Balaban J connectivity index is 2.35. The lowest BCUT2D eigenvalue weighted by Crippen LogP contribution is -2.39. The lowest BCUT2D eigenvalue weighted by atomic mass is 9.89. The second-order valence-corrected chi connectivity index (χ2v) is 5.42. The van der Waals surface area contributed by atoms with Crippen LogP contribution in [0.2, 0.25) is 0 Å². The molecule has 0 aromatic rings. The third-order valence-electron chi connectivity index (χ3n) is 3.29. The van der Waals surface area contributed by atoms with E-state index in [1.54, 1.807) is 0 Å². The molecule has 0 heterocycles. The minimum atomic E-state index is -0.303. The standard InChI is InChI=1S/C13H27NO2/c1-11(15)8-14(9-12(2)16)10-13-6-4-3-5-7-13/h11-13,15-16H,3-10H2,1-2H3/t11-,12+. The summed E-state index contributed by atoms with van der Waals surface area (Å²) >= 11 is 0. The molecule has 1 aliphatic rings. The minimum absolute atomic E-state index is 0.303. The van der Waals surface area contributed by atoms with Crippen LogP contribution in [0.25, 0.3) is 0 Å². The predicted molar refractivity (Wildman–Crippen MR) is 66.4 cm³/mol. The van der Waals surface area contributed by atoms with Crippen molar-refractivity contribution < 1.29 is 10.2 Å². The summed E-state index contributed by atoms with van der Waals surface area (Å²) in [5, 5.41) is 18.9. The fourth-order valence-corrected chi connectivity index (χ4v) is 2.71. The van der Waals surface area contributed by atoms with E-state index in [9.17, 15) is 10.2 Å². The molecule has 0 radical (unpaired) electrons. The first-order valence-electron chi connectivity index (χ1n) is 6.66. The molecule has 3 nitrogen and oxygen atoms in total. The van der Waals surface area contributed by atoms with Gasteiger partial charge < -0.3 is 10.2 Å². The van der Waals surface area contributed by atoms with Gasteiger partial charge in [0.05, 0.1) is 12.2 Å². The minimum Gasteiger partial charge on any atom is -0.392 e. The molecular weight excluding hydrogens is 202 g/mol. The average molecular weight is 229 g/mol. The third-order valence-corrected chi connectivity index (χ3v) is 3.29. The van der Waals surface area contributed by atoms with Gasteiger partial charge >= 0.3 is 0 Å². The maximum absolute atomic E-state index is 9.44. The molecule has 1 fully saturated rings. The topological polar surface area (TPSA) is 43.7 Å². The average Bonchev–Trinajstić information content (AvgIpc) is 2.16. The Morgan fingerprint density at radius 1 is 1.00 bits per heavy atom. The molecule has 2 atom stereocenters. The molecule has 16 heavy (non-hydrogen) atoms. The summed E-state index contributed by atoms with van der Waals surface area (Å²) < 4.78 is 0. The highest BCUT2D eigenvalue weighted by atomic mass is 16.3. The summed E-state index contributed by atoms with van der Waals surface area (Å²) in [4.78, 5) is 2.21. The van der Waals surface area contributed by atoms with Gasteiger partial charge in [-0.05, 0) is 32.6 Å². The highest BCUT2D eigenvalue weighted by Gasteiger charge is 2.19. The Hall–Kier alpha value is -0.120. The molecule has 96 valence electrons. The Morgan fingerprint density at radius 2 is 1.50 bits per heavy atom. The lowest BCUT2D eigenvalue weighted by molar-refractivity contribution is 0.0693. The van der Waals surface area contributed by atoms with Gasteiger partial charge in [0.1, 0.15) is 0 Å². The summed E-state index contributed by atoms with van der Waals surface area (Å²) in [5.41, 5.74) is 0. The molecule has 0 spiro atoms. The Morgan fingerprint density at radius 3 is 1.94 bits per heavy atom. The first-order chi connectivity index (χ1) is 7.58. The van der Waals surface area contributed by atoms with Crippen LogP contribution in [-0.2, 0) is 0 Å². The predicted octanol–water partition coefficient (Wildman–Crippen LogP) is 1.63. The normalized spacial score (nSPS) is 22.3. The van der Waals surface area contributed by atoms with Crippen molar-refractivity contribution in [3.05, 3.63) is 0 Å². The van der Waals surface area contributed by atoms with Crippen molar-refractivity contribution in [1.82, 2.24) is 4.90 Å². The van der Waals surface area contributed by atoms with Gasteiger partial charge in [-0.2, -0.15) is 0 Å². The number of rotatable bonds is 6. The van der Waals surface area contributed by atoms with E-state index in [0.717, 1.165) is 12.5 Å². The van der Waals surface area contributed by atoms with Gasteiger partial charge in [-0.1, -0.05) is 19.3 Å². The van der Waals surface area contributed by atoms with Gasteiger partial charge in [-0.3, -0.25) is 4.90 Å². The van der Waals surface area contributed by atoms with Crippen LogP contribution in [0.4, 0.5) is 0 Å². The number of nitrogens with zero attached hydrogens (tertiary/aromatic N) is 1. The van der Waals surface area contributed by atoms with E-state index in [2.05, 4.69) is 4.90 Å². The molecule has 0 amide bonds. The van der Waals surface area contributed by atoms with E-state index in [1.807, 2.05) is 13.8 Å². The Labute approximate surface area is 99.5 Å². The second kappa shape index (κ2) is 7.25. The maximum Gasteiger partial charge on any atom is 0.0639 e. The summed E-state index contributed by atoms with van der Waals surface area (Å²) in [7, 11) is 0. The first kappa shape index (κ1) is 13.9. The smallest absolute Gasteiger partial charge is 0.0639 e. The number of aliphatic hydroxyl groups excluding tert-OH is 2.